The van der Waals surface area contributed by atoms with E-state index in [2.05, 4.69) is 20.6 Å². The molecule has 8 heteroatoms. The zero-order valence-electron chi connectivity index (χ0n) is 14.9. The molecule has 8 nitrogen and oxygen atoms in total. The third-order valence-electron chi connectivity index (χ3n) is 4.97. The predicted molar refractivity (Wildman–Crippen MR) is 102 cm³/mol. The Labute approximate surface area is 157 Å². The van der Waals surface area contributed by atoms with Crippen LogP contribution in [0.5, 0.6) is 0 Å². The fraction of sp³-hybridized carbons (Fsp3) is 0.368. The van der Waals surface area contributed by atoms with Gasteiger partial charge in [0, 0.05) is 26.1 Å². The maximum Gasteiger partial charge on any atom is 0.229 e. The quantitative estimate of drug-likeness (QED) is 0.754. The third-order valence-corrected chi connectivity index (χ3v) is 4.97. The number of carbonyl (C=O) groups excluding carboxylic acids is 2. The number of nitrogens with zero attached hydrogens (tertiary/aromatic N) is 3. The van der Waals surface area contributed by atoms with Crippen LogP contribution in [0.15, 0.2) is 30.3 Å². The molecule has 0 unspecified atom stereocenters. The molecule has 3 heterocycles. The summed E-state index contributed by atoms with van der Waals surface area (Å²) in [5, 5.41) is 5.63. The SMILES string of the molecule is Nc1nc(N2CCCC2)nc2c1[C@@H](C(=O)NCc1ccccc1)CC(=O)N2. The smallest absolute Gasteiger partial charge is 0.229 e. The van der Waals surface area contributed by atoms with Crippen LogP contribution in [-0.2, 0) is 16.1 Å². The maximum absolute atomic E-state index is 12.8. The number of aromatic nitrogens is 2. The van der Waals surface area contributed by atoms with Gasteiger partial charge in [0.1, 0.15) is 11.6 Å². The van der Waals surface area contributed by atoms with Crippen LogP contribution in [0.2, 0.25) is 0 Å². The molecule has 140 valence electrons. The number of fused-ring (bicyclic) bond motifs is 1. The van der Waals surface area contributed by atoms with Crippen LogP contribution in [0.1, 0.15) is 36.3 Å². The van der Waals surface area contributed by atoms with Crippen molar-refractivity contribution in [1.29, 1.82) is 0 Å². The number of carbonyl (C=O) groups is 2. The van der Waals surface area contributed by atoms with Crippen LogP contribution in [0.25, 0.3) is 0 Å². The molecule has 1 fully saturated rings. The van der Waals surface area contributed by atoms with E-state index < -0.39 is 5.92 Å². The monoisotopic (exact) mass is 366 g/mol. The van der Waals surface area contributed by atoms with Gasteiger partial charge in [-0.25, -0.2) is 0 Å². The minimum Gasteiger partial charge on any atom is -0.383 e. The van der Waals surface area contributed by atoms with Gasteiger partial charge in [0.2, 0.25) is 17.8 Å². The molecule has 2 aliphatic heterocycles. The van der Waals surface area contributed by atoms with Crippen LogP contribution < -0.4 is 21.3 Å². The van der Waals surface area contributed by atoms with Gasteiger partial charge in [-0.1, -0.05) is 30.3 Å². The van der Waals surface area contributed by atoms with Crippen LogP contribution in [-0.4, -0.2) is 34.9 Å². The molecule has 2 aliphatic rings. The van der Waals surface area contributed by atoms with Gasteiger partial charge < -0.3 is 21.3 Å². The van der Waals surface area contributed by atoms with E-state index in [1.165, 1.54) is 0 Å². The van der Waals surface area contributed by atoms with Gasteiger partial charge in [0.15, 0.2) is 0 Å². The van der Waals surface area contributed by atoms with Gasteiger partial charge in [-0.3, -0.25) is 9.59 Å². The van der Waals surface area contributed by atoms with Crippen LogP contribution >= 0.6 is 0 Å². The topological polar surface area (TPSA) is 113 Å². The van der Waals surface area contributed by atoms with Gasteiger partial charge in [-0.2, -0.15) is 9.97 Å². The first kappa shape index (κ1) is 17.3. The average molecular weight is 366 g/mol. The van der Waals surface area contributed by atoms with E-state index in [1.54, 1.807) is 0 Å². The highest BCUT2D eigenvalue weighted by atomic mass is 16.2. The van der Waals surface area contributed by atoms with Crippen molar-refractivity contribution in [2.75, 3.05) is 29.0 Å². The first-order valence-corrected chi connectivity index (χ1v) is 9.15. The summed E-state index contributed by atoms with van der Waals surface area (Å²) in [6.45, 7) is 2.13. The number of benzene rings is 1. The van der Waals surface area contributed by atoms with E-state index in [0.29, 0.717) is 23.9 Å². The molecule has 1 atom stereocenters. The molecular formula is C19H22N6O2. The lowest BCUT2D eigenvalue weighted by atomic mass is 9.92. The van der Waals surface area contributed by atoms with Crippen molar-refractivity contribution in [2.45, 2.75) is 31.7 Å². The second-order valence-corrected chi connectivity index (χ2v) is 6.87. The molecule has 4 rings (SSSR count). The number of hydrogen-bond acceptors (Lipinski definition) is 6. The molecule has 1 aromatic heterocycles. The summed E-state index contributed by atoms with van der Waals surface area (Å²) in [7, 11) is 0. The van der Waals surface area contributed by atoms with Crippen molar-refractivity contribution in [3.05, 3.63) is 41.5 Å². The number of nitrogens with one attached hydrogen (secondary N) is 2. The highest BCUT2D eigenvalue weighted by Crippen LogP contribution is 2.36. The van der Waals surface area contributed by atoms with Gasteiger partial charge >= 0.3 is 0 Å². The summed E-state index contributed by atoms with van der Waals surface area (Å²) in [6, 6.07) is 9.61. The first-order valence-electron chi connectivity index (χ1n) is 9.15. The highest BCUT2D eigenvalue weighted by molar-refractivity contribution is 6.01. The van der Waals surface area contributed by atoms with Crippen LogP contribution in [0.3, 0.4) is 0 Å². The lowest BCUT2D eigenvalue weighted by molar-refractivity contribution is -0.126. The van der Waals surface area contributed by atoms with Crippen molar-refractivity contribution < 1.29 is 9.59 Å². The van der Waals surface area contributed by atoms with Crippen molar-refractivity contribution in [1.82, 2.24) is 15.3 Å². The standard InChI is InChI=1S/C19H22N6O2/c20-16-15-13(18(27)21-11-12-6-2-1-3-7-12)10-14(26)22-17(15)24-19(23-16)25-8-4-5-9-25/h1-3,6-7,13H,4-5,8-11H2,(H,21,27)(H3,20,22,23,24,26)/t13-/m0/s1. The summed E-state index contributed by atoms with van der Waals surface area (Å²) < 4.78 is 0. The number of nitrogen functional groups attached to an aromatic ring is 1. The Bertz CT molecular complexity index is 864. The second kappa shape index (κ2) is 7.22. The van der Waals surface area contributed by atoms with Gasteiger partial charge in [-0.05, 0) is 18.4 Å². The second-order valence-electron chi connectivity index (χ2n) is 6.87. The fourth-order valence-corrected chi connectivity index (χ4v) is 3.57. The normalized spacial score (nSPS) is 18.7. The number of anilines is 3. The Morgan fingerprint density at radius 3 is 2.70 bits per heavy atom. The Hall–Kier alpha value is -3.16. The Morgan fingerprint density at radius 2 is 1.96 bits per heavy atom. The van der Waals surface area contributed by atoms with Crippen molar-refractivity contribution in [3.8, 4) is 0 Å². The summed E-state index contributed by atoms with van der Waals surface area (Å²) in [4.78, 5) is 35.8. The fourth-order valence-electron chi connectivity index (χ4n) is 3.57. The molecule has 2 aromatic rings. The molecule has 0 saturated carbocycles. The van der Waals surface area contributed by atoms with Gasteiger partial charge in [0.05, 0.1) is 11.5 Å². The van der Waals surface area contributed by atoms with E-state index >= 15 is 0 Å². The molecule has 1 saturated heterocycles. The summed E-state index contributed by atoms with van der Waals surface area (Å²) in [5.74, 6) is -0.0752. The van der Waals surface area contributed by atoms with E-state index in [0.717, 1.165) is 31.5 Å². The lowest BCUT2D eigenvalue weighted by Gasteiger charge is -2.26. The predicted octanol–water partition coefficient (Wildman–Crippen LogP) is 1.40. The molecule has 1 aromatic carbocycles. The van der Waals surface area contributed by atoms with Crippen molar-refractivity contribution in [2.24, 2.45) is 0 Å². The zero-order chi connectivity index (χ0) is 18.8. The van der Waals surface area contributed by atoms with Crippen molar-refractivity contribution in [3.63, 3.8) is 0 Å². The minimum absolute atomic E-state index is 0.0320. The van der Waals surface area contributed by atoms with Gasteiger partial charge in [-0.15, -0.1) is 0 Å². The van der Waals surface area contributed by atoms with E-state index in [9.17, 15) is 9.59 Å². The Kier molecular flexibility index (Phi) is 4.62. The largest absolute Gasteiger partial charge is 0.383 e. The Morgan fingerprint density at radius 1 is 1.22 bits per heavy atom. The highest BCUT2D eigenvalue weighted by Gasteiger charge is 2.35. The minimum atomic E-state index is -0.690. The third kappa shape index (κ3) is 3.55. The molecule has 0 radical (unpaired) electrons. The average Bonchev–Trinajstić information content (AvgIpc) is 3.20. The summed E-state index contributed by atoms with van der Waals surface area (Å²) in [6.07, 6.45) is 2.19. The van der Waals surface area contributed by atoms with E-state index in [-0.39, 0.29) is 24.1 Å². The zero-order valence-corrected chi connectivity index (χ0v) is 14.9. The lowest BCUT2D eigenvalue weighted by Crippen LogP contribution is -2.36. The molecule has 2 amide bonds. The molecule has 4 N–H and O–H groups in total. The number of rotatable bonds is 4. The number of nitrogens with two attached hydrogens (primary N) is 1. The molecule has 0 spiro atoms. The maximum atomic E-state index is 12.8. The van der Waals surface area contributed by atoms with Gasteiger partial charge in [0.25, 0.3) is 0 Å². The van der Waals surface area contributed by atoms with E-state index in [4.69, 9.17) is 5.73 Å². The number of hydrogen-bond donors (Lipinski definition) is 3. The summed E-state index contributed by atoms with van der Waals surface area (Å²) in [5.41, 5.74) is 7.67. The first-order chi connectivity index (χ1) is 13.1. The van der Waals surface area contributed by atoms with Crippen LogP contribution in [0.4, 0.5) is 17.6 Å². The molecule has 0 bridgehead atoms. The van der Waals surface area contributed by atoms with Crippen molar-refractivity contribution >= 4 is 29.4 Å². The molecular weight excluding hydrogens is 344 g/mol. The molecule has 27 heavy (non-hydrogen) atoms. The van der Waals surface area contributed by atoms with E-state index in [1.807, 2.05) is 35.2 Å². The Balaban J connectivity index is 1.58. The van der Waals surface area contributed by atoms with Crippen LogP contribution in [0, 0.1) is 0 Å². The molecule has 0 aliphatic carbocycles. The number of amides is 2. The summed E-state index contributed by atoms with van der Waals surface area (Å²) >= 11 is 0.